The van der Waals surface area contributed by atoms with E-state index >= 15 is 0 Å². The summed E-state index contributed by atoms with van der Waals surface area (Å²) in [7, 11) is 0. The number of thiophene rings is 1. The van der Waals surface area contributed by atoms with E-state index in [-0.39, 0.29) is 23.3 Å². The van der Waals surface area contributed by atoms with Gasteiger partial charge in [0, 0.05) is 27.9 Å². The summed E-state index contributed by atoms with van der Waals surface area (Å²) in [4.78, 5) is 24.0. The molecule has 1 amide bonds. The second kappa shape index (κ2) is 5.69. The minimum atomic E-state index is 0.00880. The normalized spacial score (nSPS) is 30.6. The molecule has 1 heterocycles. The van der Waals surface area contributed by atoms with Crippen molar-refractivity contribution in [3.8, 4) is 0 Å². The van der Waals surface area contributed by atoms with Gasteiger partial charge in [0.15, 0.2) is 0 Å². The first-order valence-corrected chi connectivity index (χ1v) is 9.61. The first kappa shape index (κ1) is 15.8. The number of amides is 1. The Kier molecular flexibility index (Phi) is 3.75. The lowest BCUT2D eigenvalue weighted by molar-refractivity contribution is -0.123. The lowest BCUT2D eigenvalue weighted by Crippen LogP contribution is -2.63. The first-order chi connectivity index (χ1) is 11.5. The van der Waals surface area contributed by atoms with E-state index in [1.807, 2.05) is 29.6 Å². The van der Waals surface area contributed by atoms with Crippen LogP contribution in [0.4, 0.5) is 0 Å². The van der Waals surface area contributed by atoms with E-state index in [1.54, 1.807) is 11.3 Å². The quantitative estimate of drug-likeness (QED) is 0.844. The van der Waals surface area contributed by atoms with Crippen molar-refractivity contribution in [3.05, 3.63) is 35.2 Å². The Morgan fingerprint density at radius 2 is 2.12 bits per heavy atom. The van der Waals surface area contributed by atoms with Crippen LogP contribution in [0.25, 0.3) is 10.1 Å². The maximum Gasteiger partial charge on any atom is 0.252 e. The SMILES string of the molecule is CC1(C)[C@@H]2C[C@H](CC=O)[C@@H](NC(=O)c3csc4ccccc34)[C@H]1C2. The highest BCUT2D eigenvalue weighted by Crippen LogP contribution is 2.61. The van der Waals surface area contributed by atoms with Gasteiger partial charge in [0.1, 0.15) is 6.29 Å². The highest BCUT2D eigenvalue weighted by molar-refractivity contribution is 7.17. The Bertz CT molecular complexity index is 794. The molecule has 0 spiro atoms. The molecule has 3 aliphatic rings. The lowest BCUT2D eigenvalue weighted by Gasteiger charge is -2.62. The third-order valence-corrected chi connectivity index (χ3v) is 7.46. The van der Waals surface area contributed by atoms with Crippen molar-refractivity contribution in [2.75, 3.05) is 0 Å². The van der Waals surface area contributed by atoms with Crippen LogP contribution in [-0.2, 0) is 4.79 Å². The van der Waals surface area contributed by atoms with Crippen LogP contribution in [0.3, 0.4) is 0 Å². The van der Waals surface area contributed by atoms with E-state index in [4.69, 9.17) is 0 Å². The molecule has 24 heavy (non-hydrogen) atoms. The second-order valence-corrected chi connectivity index (χ2v) is 8.81. The molecule has 1 aromatic carbocycles. The van der Waals surface area contributed by atoms with Crippen LogP contribution in [0.1, 0.15) is 43.5 Å². The summed E-state index contributed by atoms with van der Waals surface area (Å²) in [5, 5.41) is 6.27. The zero-order chi connectivity index (χ0) is 16.9. The maximum absolute atomic E-state index is 12.9. The molecule has 5 rings (SSSR count). The first-order valence-electron chi connectivity index (χ1n) is 8.73. The Labute approximate surface area is 146 Å². The van der Waals surface area contributed by atoms with Crippen LogP contribution in [0.2, 0.25) is 0 Å². The predicted octanol–water partition coefficient (Wildman–Crippen LogP) is 4.27. The van der Waals surface area contributed by atoms with E-state index in [0.29, 0.717) is 18.3 Å². The van der Waals surface area contributed by atoms with E-state index < -0.39 is 0 Å². The number of nitrogens with one attached hydrogen (secondary N) is 1. The van der Waals surface area contributed by atoms with Gasteiger partial charge in [0.05, 0.1) is 5.56 Å². The van der Waals surface area contributed by atoms with Crippen molar-refractivity contribution < 1.29 is 9.59 Å². The number of carbonyl (C=O) groups is 2. The molecule has 0 saturated heterocycles. The topological polar surface area (TPSA) is 46.2 Å². The summed E-state index contributed by atoms with van der Waals surface area (Å²) >= 11 is 1.61. The Hall–Kier alpha value is -1.68. The van der Waals surface area contributed by atoms with Crippen molar-refractivity contribution in [3.63, 3.8) is 0 Å². The van der Waals surface area contributed by atoms with Gasteiger partial charge in [-0.15, -0.1) is 11.3 Å². The van der Waals surface area contributed by atoms with Gasteiger partial charge in [-0.2, -0.15) is 0 Å². The fourth-order valence-corrected chi connectivity index (χ4v) is 5.81. The van der Waals surface area contributed by atoms with Gasteiger partial charge < -0.3 is 10.1 Å². The summed E-state index contributed by atoms with van der Waals surface area (Å²) in [5.74, 6) is 1.47. The molecule has 1 aromatic heterocycles. The molecule has 2 bridgehead atoms. The molecular formula is C20H23NO2S. The average molecular weight is 341 g/mol. The second-order valence-electron chi connectivity index (χ2n) is 7.90. The maximum atomic E-state index is 12.9. The number of hydrogen-bond donors (Lipinski definition) is 1. The van der Waals surface area contributed by atoms with E-state index in [1.165, 1.54) is 6.42 Å². The van der Waals surface area contributed by atoms with Crippen LogP contribution in [0, 0.1) is 23.2 Å². The summed E-state index contributed by atoms with van der Waals surface area (Å²) < 4.78 is 1.14. The number of benzene rings is 1. The highest BCUT2D eigenvalue weighted by Gasteiger charge is 2.57. The summed E-state index contributed by atoms with van der Waals surface area (Å²) in [6.07, 6.45) is 3.80. The molecule has 3 nitrogen and oxygen atoms in total. The predicted molar refractivity (Wildman–Crippen MR) is 97.2 cm³/mol. The molecule has 1 N–H and O–H groups in total. The van der Waals surface area contributed by atoms with Gasteiger partial charge in [-0.05, 0) is 42.1 Å². The van der Waals surface area contributed by atoms with Gasteiger partial charge in [-0.1, -0.05) is 32.0 Å². The summed E-state index contributed by atoms with van der Waals surface area (Å²) in [5.41, 5.74) is 1.04. The third kappa shape index (κ3) is 2.31. The van der Waals surface area contributed by atoms with Crippen molar-refractivity contribution >= 4 is 33.6 Å². The fourth-order valence-electron chi connectivity index (χ4n) is 4.87. The minimum absolute atomic E-state index is 0.00880. The number of rotatable bonds is 4. The van der Waals surface area contributed by atoms with Crippen LogP contribution in [-0.4, -0.2) is 18.2 Å². The van der Waals surface area contributed by atoms with Crippen LogP contribution >= 0.6 is 11.3 Å². The Balaban J connectivity index is 1.60. The van der Waals surface area contributed by atoms with Crippen LogP contribution in [0.15, 0.2) is 29.6 Å². The number of fused-ring (bicyclic) bond motifs is 3. The third-order valence-electron chi connectivity index (χ3n) is 6.50. The van der Waals surface area contributed by atoms with Gasteiger partial charge in [-0.3, -0.25) is 4.79 Å². The van der Waals surface area contributed by atoms with Crippen molar-refractivity contribution in [1.82, 2.24) is 5.32 Å². The molecule has 3 saturated carbocycles. The molecular weight excluding hydrogens is 318 g/mol. The number of hydrogen-bond acceptors (Lipinski definition) is 3. The van der Waals surface area contributed by atoms with Gasteiger partial charge in [0.2, 0.25) is 0 Å². The van der Waals surface area contributed by atoms with Crippen molar-refractivity contribution in [1.29, 1.82) is 0 Å². The molecule has 0 aliphatic heterocycles. The minimum Gasteiger partial charge on any atom is -0.349 e. The fraction of sp³-hybridized carbons (Fsp3) is 0.500. The molecule has 126 valence electrons. The van der Waals surface area contributed by atoms with E-state index in [9.17, 15) is 9.59 Å². The smallest absolute Gasteiger partial charge is 0.252 e. The standard InChI is InChI=1S/C20H23NO2S/c1-20(2)13-9-12(7-8-22)18(16(20)10-13)21-19(23)15-11-24-17-6-4-3-5-14(15)17/h3-6,8,11-13,16,18H,7,9-10H2,1-2H3,(H,21,23)/t12-,13+,16+,18+/m0/s1. The molecule has 0 unspecified atom stereocenters. The lowest BCUT2D eigenvalue weighted by atomic mass is 9.44. The zero-order valence-electron chi connectivity index (χ0n) is 14.1. The Morgan fingerprint density at radius 1 is 1.33 bits per heavy atom. The van der Waals surface area contributed by atoms with Gasteiger partial charge >= 0.3 is 0 Å². The highest BCUT2D eigenvalue weighted by atomic mass is 32.1. The molecule has 4 heteroatoms. The van der Waals surface area contributed by atoms with E-state index in [0.717, 1.165) is 28.4 Å². The largest absolute Gasteiger partial charge is 0.349 e. The van der Waals surface area contributed by atoms with Crippen molar-refractivity contribution in [2.24, 2.45) is 23.2 Å². The molecule has 2 aromatic rings. The molecule has 3 aliphatic carbocycles. The summed E-state index contributed by atoms with van der Waals surface area (Å²) in [6.45, 7) is 4.62. The summed E-state index contributed by atoms with van der Waals surface area (Å²) in [6, 6.07) is 8.14. The van der Waals surface area contributed by atoms with Crippen LogP contribution in [0.5, 0.6) is 0 Å². The van der Waals surface area contributed by atoms with Crippen molar-refractivity contribution in [2.45, 2.75) is 39.2 Å². The van der Waals surface area contributed by atoms with Crippen LogP contribution < -0.4 is 5.32 Å². The average Bonchev–Trinajstić information content (AvgIpc) is 3.00. The van der Waals surface area contributed by atoms with Gasteiger partial charge in [-0.25, -0.2) is 0 Å². The number of carbonyl (C=O) groups excluding carboxylic acids is 2. The number of aldehydes is 1. The van der Waals surface area contributed by atoms with E-state index in [2.05, 4.69) is 19.2 Å². The Morgan fingerprint density at radius 3 is 2.88 bits per heavy atom. The molecule has 3 fully saturated rings. The molecule has 0 radical (unpaired) electrons. The monoisotopic (exact) mass is 341 g/mol. The molecule has 4 atom stereocenters. The zero-order valence-corrected chi connectivity index (χ0v) is 14.9. The van der Waals surface area contributed by atoms with Gasteiger partial charge in [0.25, 0.3) is 5.91 Å².